The van der Waals surface area contributed by atoms with Crippen LogP contribution in [0.1, 0.15) is 11.8 Å². The quantitative estimate of drug-likeness (QED) is 0.459. The van der Waals surface area contributed by atoms with E-state index in [1.165, 1.54) is 18.3 Å². The van der Waals surface area contributed by atoms with Crippen molar-refractivity contribution in [1.82, 2.24) is 0 Å². The molecule has 68 valence electrons. The van der Waals surface area contributed by atoms with Crippen LogP contribution in [-0.4, -0.2) is 10.9 Å². The Kier molecular flexibility index (Phi) is 2.92. The van der Waals surface area contributed by atoms with Gasteiger partial charge in [0.15, 0.2) is 17.2 Å². The van der Waals surface area contributed by atoms with Crippen LogP contribution < -0.4 is 0 Å². The first kappa shape index (κ1) is 9.60. The van der Waals surface area contributed by atoms with E-state index in [9.17, 15) is 14.8 Å². The van der Waals surface area contributed by atoms with Gasteiger partial charge in [-0.2, -0.15) is 0 Å². The van der Waals surface area contributed by atoms with E-state index in [2.05, 4.69) is 5.18 Å². The average Bonchev–Trinajstić information content (AvgIpc) is 2.56. The van der Waals surface area contributed by atoms with Gasteiger partial charge in [0, 0.05) is 6.92 Å². The molecule has 13 heavy (non-hydrogen) atoms. The van der Waals surface area contributed by atoms with E-state index in [1.807, 2.05) is 0 Å². The molecule has 5 heteroatoms. The van der Waals surface area contributed by atoms with E-state index >= 15 is 0 Å². The number of nitrogens with zero attached hydrogens (tertiary/aromatic N) is 1. The molecule has 0 aromatic carbocycles. The molecule has 1 heterocycles. The van der Waals surface area contributed by atoms with Crippen molar-refractivity contribution in [3.63, 3.8) is 0 Å². The minimum absolute atomic E-state index is 0.350. The summed E-state index contributed by atoms with van der Waals surface area (Å²) in [6, 6.07) is 3.31. The van der Waals surface area contributed by atoms with Crippen molar-refractivity contribution in [2.45, 2.75) is 6.92 Å². The highest BCUT2D eigenvalue weighted by Crippen LogP contribution is 2.21. The molecule has 0 aliphatic carbocycles. The summed E-state index contributed by atoms with van der Waals surface area (Å²) in [5, 5.41) is 13.6. The summed E-state index contributed by atoms with van der Waals surface area (Å²) in [5.74, 6) is -0.890. The fourth-order valence-corrected chi connectivity index (χ4v) is 1.47. The molecule has 1 N–H and O–H groups in total. The summed E-state index contributed by atoms with van der Waals surface area (Å²) >= 11 is 1.23. The first-order valence-electron chi connectivity index (χ1n) is 3.48. The maximum absolute atomic E-state index is 10.8. The van der Waals surface area contributed by atoms with E-state index in [0.717, 1.165) is 0 Å². The van der Waals surface area contributed by atoms with Crippen molar-refractivity contribution < 1.29 is 9.90 Å². The molecule has 4 nitrogen and oxygen atoms in total. The summed E-state index contributed by atoms with van der Waals surface area (Å²) in [7, 11) is 0. The van der Waals surface area contributed by atoms with Crippen molar-refractivity contribution in [2.75, 3.05) is 0 Å². The maximum atomic E-state index is 10.8. The lowest BCUT2D eigenvalue weighted by molar-refractivity contribution is -0.113. The molecule has 1 aromatic rings. The summed E-state index contributed by atoms with van der Waals surface area (Å²) < 4.78 is 0. The fraction of sp³-hybridized carbons (Fsp3) is 0.125. The number of hydrogen-bond acceptors (Lipinski definition) is 5. The zero-order valence-electron chi connectivity index (χ0n) is 6.85. The van der Waals surface area contributed by atoms with Crippen LogP contribution in [0.2, 0.25) is 0 Å². The Morgan fingerprint density at radius 2 is 2.31 bits per heavy atom. The van der Waals surface area contributed by atoms with Crippen molar-refractivity contribution >= 4 is 22.9 Å². The topological polar surface area (TPSA) is 66.7 Å². The highest BCUT2D eigenvalue weighted by molar-refractivity contribution is 7.11. The Balaban J connectivity index is 3.16. The summed E-state index contributed by atoms with van der Waals surface area (Å²) in [4.78, 5) is 21.5. The van der Waals surface area contributed by atoms with Gasteiger partial charge < -0.3 is 5.11 Å². The molecule has 0 aliphatic rings. The Morgan fingerprint density at radius 1 is 1.62 bits per heavy atom. The molecule has 0 radical (unpaired) electrons. The average molecular weight is 197 g/mol. The van der Waals surface area contributed by atoms with Gasteiger partial charge in [-0.05, 0) is 16.6 Å². The Bertz CT molecular complexity index is 353. The van der Waals surface area contributed by atoms with Gasteiger partial charge in [0.1, 0.15) is 0 Å². The predicted molar refractivity (Wildman–Crippen MR) is 50.3 cm³/mol. The van der Waals surface area contributed by atoms with Crippen molar-refractivity contribution in [2.24, 2.45) is 5.18 Å². The number of aliphatic hydroxyl groups is 1. The monoisotopic (exact) mass is 197 g/mol. The zero-order valence-corrected chi connectivity index (χ0v) is 7.67. The highest BCUT2D eigenvalue weighted by Gasteiger charge is 2.13. The van der Waals surface area contributed by atoms with Crippen LogP contribution in [0.5, 0.6) is 0 Å². The molecule has 0 aliphatic heterocycles. The highest BCUT2D eigenvalue weighted by atomic mass is 32.1. The molecular weight excluding hydrogens is 190 g/mol. The third-order valence-corrected chi connectivity index (χ3v) is 2.28. The molecular formula is C8H7NO3S. The molecule has 0 saturated carbocycles. The van der Waals surface area contributed by atoms with E-state index < -0.39 is 11.5 Å². The van der Waals surface area contributed by atoms with Crippen LogP contribution in [0.25, 0.3) is 5.76 Å². The van der Waals surface area contributed by atoms with Gasteiger partial charge in [0.05, 0.1) is 4.88 Å². The van der Waals surface area contributed by atoms with Crippen LogP contribution >= 0.6 is 11.3 Å². The number of Topliss-reactive ketones (excluding diaryl/α,β-unsaturated/α-hetero) is 1. The first-order valence-corrected chi connectivity index (χ1v) is 4.36. The predicted octanol–water partition coefficient (Wildman–Crippen LogP) is 2.33. The second kappa shape index (κ2) is 3.95. The molecule has 0 spiro atoms. The summed E-state index contributed by atoms with van der Waals surface area (Å²) in [5.41, 5.74) is -0.428. The molecule has 0 fully saturated rings. The number of carbonyl (C=O) groups excluding carboxylic acids is 1. The van der Waals surface area contributed by atoms with Gasteiger partial charge in [-0.25, -0.2) is 0 Å². The summed E-state index contributed by atoms with van der Waals surface area (Å²) in [6.45, 7) is 1.18. The molecule has 0 saturated heterocycles. The minimum Gasteiger partial charge on any atom is -0.504 e. The van der Waals surface area contributed by atoms with Crippen LogP contribution in [0.15, 0.2) is 28.4 Å². The van der Waals surface area contributed by atoms with Crippen molar-refractivity contribution in [3.8, 4) is 0 Å². The minimum atomic E-state index is -0.541. The Morgan fingerprint density at radius 3 is 2.69 bits per heavy atom. The molecule has 0 unspecified atom stereocenters. The van der Waals surface area contributed by atoms with Gasteiger partial charge in [0.2, 0.25) is 0 Å². The number of allylic oxidation sites excluding steroid dienone is 1. The number of ketones is 1. The SMILES string of the molecule is CC(=O)/C(N=O)=C(\O)c1cccs1. The third kappa shape index (κ3) is 2.00. The van der Waals surface area contributed by atoms with Gasteiger partial charge in [0.25, 0.3) is 0 Å². The molecule has 1 aromatic heterocycles. The smallest absolute Gasteiger partial charge is 0.193 e. The summed E-state index contributed by atoms with van der Waals surface area (Å²) in [6.07, 6.45) is 0. The fourth-order valence-electron chi connectivity index (χ4n) is 0.804. The Labute approximate surface area is 78.5 Å². The number of nitroso groups, excluding NO2 is 1. The number of carbonyl (C=O) groups is 1. The standard InChI is InChI=1S/C8H7NO3S/c1-5(10)7(9-12)8(11)6-3-2-4-13-6/h2-4,11H,1H3/b8-7+. The molecule has 0 bridgehead atoms. The number of aliphatic hydroxyl groups excluding tert-OH is 1. The normalized spacial score (nSPS) is 12.1. The lowest BCUT2D eigenvalue weighted by atomic mass is 10.2. The Hall–Kier alpha value is -1.49. The second-order valence-electron chi connectivity index (χ2n) is 2.32. The van der Waals surface area contributed by atoms with Crippen molar-refractivity contribution in [3.05, 3.63) is 33.0 Å². The van der Waals surface area contributed by atoms with Gasteiger partial charge in [-0.1, -0.05) is 6.07 Å². The van der Waals surface area contributed by atoms with Crippen molar-refractivity contribution in [1.29, 1.82) is 0 Å². The molecule has 1 rings (SSSR count). The van der Waals surface area contributed by atoms with Gasteiger partial charge >= 0.3 is 0 Å². The maximum Gasteiger partial charge on any atom is 0.193 e. The van der Waals surface area contributed by atoms with Crippen LogP contribution in [0.4, 0.5) is 0 Å². The van der Waals surface area contributed by atoms with E-state index in [-0.39, 0.29) is 5.76 Å². The van der Waals surface area contributed by atoms with E-state index in [1.54, 1.807) is 17.5 Å². The number of hydrogen-bond donors (Lipinski definition) is 1. The second-order valence-corrected chi connectivity index (χ2v) is 3.27. The largest absolute Gasteiger partial charge is 0.504 e. The third-order valence-electron chi connectivity index (χ3n) is 1.40. The van der Waals surface area contributed by atoms with Crippen LogP contribution in [0, 0.1) is 4.91 Å². The van der Waals surface area contributed by atoms with Gasteiger partial charge in [-0.3, -0.25) is 4.79 Å². The molecule has 0 atom stereocenters. The zero-order chi connectivity index (χ0) is 9.84. The van der Waals surface area contributed by atoms with E-state index in [4.69, 9.17) is 0 Å². The number of rotatable bonds is 3. The van der Waals surface area contributed by atoms with Crippen LogP contribution in [0.3, 0.4) is 0 Å². The van der Waals surface area contributed by atoms with Gasteiger partial charge in [-0.15, -0.1) is 16.2 Å². The lowest BCUT2D eigenvalue weighted by Gasteiger charge is -1.96. The lowest BCUT2D eigenvalue weighted by Crippen LogP contribution is -1.96. The first-order chi connectivity index (χ1) is 6.16. The molecule has 0 amide bonds. The van der Waals surface area contributed by atoms with E-state index in [0.29, 0.717) is 4.88 Å². The van der Waals surface area contributed by atoms with Crippen LogP contribution in [-0.2, 0) is 4.79 Å². The number of thiophene rings is 1.